The molecule has 2 unspecified atom stereocenters. The summed E-state index contributed by atoms with van der Waals surface area (Å²) in [6.07, 6.45) is 7.96. The lowest BCUT2D eigenvalue weighted by Crippen LogP contribution is -2.35. The quantitative estimate of drug-likeness (QED) is 0.795. The van der Waals surface area contributed by atoms with Gasteiger partial charge in [-0.05, 0) is 25.0 Å². The molecule has 3 heteroatoms. The van der Waals surface area contributed by atoms with E-state index >= 15 is 0 Å². The van der Waals surface area contributed by atoms with E-state index in [4.69, 9.17) is 10.5 Å². The van der Waals surface area contributed by atoms with Crippen LogP contribution in [0, 0.1) is 0 Å². The summed E-state index contributed by atoms with van der Waals surface area (Å²) in [5.74, 6) is 0. The van der Waals surface area contributed by atoms with Crippen LogP contribution < -0.4 is 5.73 Å². The lowest BCUT2D eigenvalue weighted by molar-refractivity contribution is 0.0178. The molecule has 2 rings (SSSR count). The second-order valence-electron chi connectivity index (χ2n) is 4.47. The number of rotatable bonds is 3. The van der Waals surface area contributed by atoms with E-state index in [2.05, 4.69) is 4.98 Å². The van der Waals surface area contributed by atoms with Crippen molar-refractivity contribution in [2.24, 2.45) is 5.73 Å². The minimum Gasteiger partial charge on any atom is -0.370 e. The van der Waals surface area contributed by atoms with Gasteiger partial charge in [0.2, 0.25) is 0 Å². The lowest BCUT2D eigenvalue weighted by Gasteiger charge is -2.21. The van der Waals surface area contributed by atoms with E-state index in [-0.39, 0.29) is 12.1 Å². The molecular weight excluding hydrogens is 200 g/mol. The highest BCUT2D eigenvalue weighted by Gasteiger charge is 2.20. The summed E-state index contributed by atoms with van der Waals surface area (Å²) in [6, 6.07) is 6.09. The van der Waals surface area contributed by atoms with Gasteiger partial charge in [-0.3, -0.25) is 4.98 Å². The SMILES string of the molecule is NC1CCCCCC1OCc1ccccn1. The van der Waals surface area contributed by atoms with Gasteiger partial charge in [-0.2, -0.15) is 0 Å². The number of nitrogens with two attached hydrogens (primary N) is 1. The van der Waals surface area contributed by atoms with Crippen LogP contribution in [-0.4, -0.2) is 17.1 Å². The molecule has 0 aliphatic heterocycles. The highest BCUT2D eigenvalue weighted by atomic mass is 16.5. The van der Waals surface area contributed by atoms with Crippen molar-refractivity contribution >= 4 is 0 Å². The average Bonchev–Trinajstić information content (AvgIpc) is 2.53. The Hall–Kier alpha value is -0.930. The van der Waals surface area contributed by atoms with E-state index < -0.39 is 0 Å². The van der Waals surface area contributed by atoms with Crippen molar-refractivity contribution in [3.63, 3.8) is 0 Å². The Morgan fingerprint density at radius 3 is 2.94 bits per heavy atom. The molecule has 0 radical (unpaired) electrons. The zero-order valence-corrected chi connectivity index (χ0v) is 9.64. The molecule has 0 bridgehead atoms. The van der Waals surface area contributed by atoms with Crippen LogP contribution in [0.15, 0.2) is 24.4 Å². The van der Waals surface area contributed by atoms with Crippen molar-refractivity contribution in [2.45, 2.75) is 50.9 Å². The van der Waals surface area contributed by atoms with Crippen LogP contribution in [-0.2, 0) is 11.3 Å². The highest BCUT2D eigenvalue weighted by molar-refractivity contribution is 5.02. The van der Waals surface area contributed by atoms with Crippen LogP contribution in [0.25, 0.3) is 0 Å². The van der Waals surface area contributed by atoms with Gasteiger partial charge in [0.05, 0.1) is 18.4 Å². The van der Waals surface area contributed by atoms with Crippen molar-refractivity contribution in [3.8, 4) is 0 Å². The number of pyridine rings is 1. The summed E-state index contributed by atoms with van der Waals surface area (Å²) in [5, 5.41) is 0. The van der Waals surface area contributed by atoms with Crippen LogP contribution in [0.1, 0.15) is 37.8 Å². The zero-order valence-electron chi connectivity index (χ0n) is 9.64. The summed E-state index contributed by atoms with van der Waals surface area (Å²) in [4.78, 5) is 4.25. The molecule has 2 atom stereocenters. The molecule has 16 heavy (non-hydrogen) atoms. The van der Waals surface area contributed by atoms with E-state index in [9.17, 15) is 0 Å². The number of hydrogen-bond acceptors (Lipinski definition) is 3. The van der Waals surface area contributed by atoms with E-state index in [1.54, 1.807) is 6.20 Å². The number of hydrogen-bond donors (Lipinski definition) is 1. The molecule has 1 aromatic heterocycles. The average molecular weight is 220 g/mol. The smallest absolute Gasteiger partial charge is 0.0892 e. The van der Waals surface area contributed by atoms with Gasteiger partial charge in [0.25, 0.3) is 0 Å². The lowest BCUT2D eigenvalue weighted by atomic mass is 10.1. The topological polar surface area (TPSA) is 48.1 Å². The van der Waals surface area contributed by atoms with E-state index in [1.165, 1.54) is 19.3 Å². The molecule has 1 aliphatic rings. The first-order valence-corrected chi connectivity index (χ1v) is 6.13. The van der Waals surface area contributed by atoms with E-state index in [0.29, 0.717) is 6.61 Å². The van der Waals surface area contributed by atoms with Gasteiger partial charge in [-0.1, -0.05) is 25.3 Å². The van der Waals surface area contributed by atoms with E-state index in [1.807, 2.05) is 18.2 Å². The molecule has 0 saturated heterocycles. The summed E-state index contributed by atoms with van der Waals surface area (Å²) >= 11 is 0. The van der Waals surface area contributed by atoms with Gasteiger partial charge in [-0.25, -0.2) is 0 Å². The second kappa shape index (κ2) is 5.97. The molecule has 1 fully saturated rings. The second-order valence-corrected chi connectivity index (χ2v) is 4.47. The molecule has 0 spiro atoms. The fourth-order valence-corrected chi connectivity index (χ4v) is 2.19. The van der Waals surface area contributed by atoms with Crippen molar-refractivity contribution in [1.82, 2.24) is 4.98 Å². The minimum atomic E-state index is 0.200. The van der Waals surface area contributed by atoms with Crippen molar-refractivity contribution in [3.05, 3.63) is 30.1 Å². The Kier molecular flexibility index (Phi) is 4.31. The molecule has 1 aliphatic carbocycles. The molecule has 1 heterocycles. The maximum absolute atomic E-state index is 6.10. The van der Waals surface area contributed by atoms with Crippen molar-refractivity contribution in [2.75, 3.05) is 0 Å². The zero-order chi connectivity index (χ0) is 11.2. The minimum absolute atomic E-state index is 0.200. The van der Waals surface area contributed by atoms with Crippen molar-refractivity contribution in [1.29, 1.82) is 0 Å². The van der Waals surface area contributed by atoms with Gasteiger partial charge < -0.3 is 10.5 Å². The first-order chi connectivity index (χ1) is 7.86. The Labute approximate surface area is 97.0 Å². The molecule has 0 amide bonds. The standard InChI is InChI=1S/C13H20N2O/c14-12-7-2-1-3-8-13(12)16-10-11-6-4-5-9-15-11/h4-6,9,12-13H,1-3,7-8,10,14H2. The summed E-state index contributed by atoms with van der Waals surface area (Å²) < 4.78 is 5.87. The summed E-state index contributed by atoms with van der Waals surface area (Å²) in [6.45, 7) is 0.583. The Morgan fingerprint density at radius 1 is 1.25 bits per heavy atom. The van der Waals surface area contributed by atoms with Crippen LogP contribution in [0.4, 0.5) is 0 Å². The third-order valence-electron chi connectivity index (χ3n) is 3.18. The Balaban J connectivity index is 1.84. The fourth-order valence-electron chi connectivity index (χ4n) is 2.19. The molecule has 88 valence electrons. The van der Waals surface area contributed by atoms with Gasteiger partial charge >= 0.3 is 0 Å². The molecule has 1 aromatic rings. The molecule has 0 aromatic carbocycles. The van der Waals surface area contributed by atoms with Crippen LogP contribution in [0.5, 0.6) is 0 Å². The van der Waals surface area contributed by atoms with Crippen LogP contribution in [0.2, 0.25) is 0 Å². The maximum Gasteiger partial charge on any atom is 0.0892 e. The van der Waals surface area contributed by atoms with E-state index in [0.717, 1.165) is 18.5 Å². The first kappa shape index (κ1) is 11.6. The van der Waals surface area contributed by atoms with Gasteiger partial charge in [0.1, 0.15) is 0 Å². The molecule has 2 N–H and O–H groups in total. The normalized spacial score (nSPS) is 26.3. The molecule has 3 nitrogen and oxygen atoms in total. The third kappa shape index (κ3) is 3.29. The number of ether oxygens (including phenoxy) is 1. The summed E-state index contributed by atoms with van der Waals surface area (Å²) in [7, 11) is 0. The van der Waals surface area contributed by atoms with Crippen molar-refractivity contribution < 1.29 is 4.74 Å². The molecule has 1 saturated carbocycles. The van der Waals surface area contributed by atoms with Gasteiger partial charge in [0, 0.05) is 12.2 Å². The van der Waals surface area contributed by atoms with Crippen LogP contribution in [0.3, 0.4) is 0 Å². The highest BCUT2D eigenvalue weighted by Crippen LogP contribution is 2.20. The van der Waals surface area contributed by atoms with Gasteiger partial charge in [-0.15, -0.1) is 0 Å². The largest absolute Gasteiger partial charge is 0.370 e. The van der Waals surface area contributed by atoms with Gasteiger partial charge in [0.15, 0.2) is 0 Å². The van der Waals surface area contributed by atoms with Crippen LogP contribution >= 0.6 is 0 Å². The molecular formula is C13H20N2O. The maximum atomic E-state index is 6.10. The number of aromatic nitrogens is 1. The predicted octanol–water partition coefficient (Wildman–Crippen LogP) is 2.26. The Morgan fingerprint density at radius 2 is 2.12 bits per heavy atom. The Bertz CT molecular complexity index is 302. The number of nitrogens with zero attached hydrogens (tertiary/aromatic N) is 1. The first-order valence-electron chi connectivity index (χ1n) is 6.13. The predicted molar refractivity (Wildman–Crippen MR) is 63.9 cm³/mol. The fraction of sp³-hybridized carbons (Fsp3) is 0.615. The monoisotopic (exact) mass is 220 g/mol. The summed E-state index contributed by atoms with van der Waals surface area (Å²) in [5.41, 5.74) is 7.08. The third-order valence-corrected chi connectivity index (χ3v) is 3.18.